The normalized spacial score (nSPS) is 27.1. The van der Waals surface area contributed by atoms with Crippen LogP contribution in [0.3, 0.4) is 0 Å². The van der Waals surface area contributed by atoms with E-state index >= 15 is 0 Å². The lowest BCUT2D eigenvalue weighted by Crippen LogP contribution is -2.38. The molecule has 120 valence electrons. The van der Waals surface area contributed by atoms with Gasteiger partial charge >= 0.3 is 0 Å². The highest BCUT2D eigenvalue weighted by atomic mass is 16.5. The summed E-state index contributed by atoms with van der Waals surface area (Å²) in [5.41, 5.74) is 0. The van der Waals surface area contributed by atoms with Gasteiger partial charge in [0.15, 0.2) is 5.82 Å². The molecule has 22 heavy (non-hydrogen) atoms. The average molecular weight is 305 g/mol. The van der Waals surface area contributed by atoms with Crippen molar-refractivity contribution in [1.82, 2.24) is 15.0 Å². The molecule has 1 atom stereocenters. The smallest absolute Gasteiger partial charge is 0.249 e. The minimum absolute atomic E-state index is 0.00538. The molecule has 0 radical (unpaired) electrons. The van der Waals surface area contributed by atoms with E-state index in [9.17, 15) is 4.79 Å². The van der Waals surface area contributed by atoms with Crippen LogP contribution in [0.5, 0.6) is 0 Å². The molecule has 0 aromatic carbocycles. The molecule has 1 aliphatic carbocycles. The van der Waals surface area contributed by atoms with Gasteiger partial charge in [0.1, 0.15) is 6.04 Å². The number of aromatic nitrogens is 2. The number of amides is 1. The second kappa shape index (κ2) is 5.99. The highest BCUT2D eigenvalue weighted by molar-refractivity contribution is 5.80. The highest BCUT2D eigenvalue weighted by Crippen LogP contribution is 2.37. The van der Waals surface area contributed by atoms with Crippen molar-refractivity contribution in [2.24, 2.45) is 5.92 Å². The molecular weight excluding hydrogens is 282 g/mol. The van der Waals surface area contributed by atoms with Crippen LogP contribution in [0.15, 0.2) is 4.52 Å². The fourth-order valence-corrected chi connectivity index (χ4v) is 3.68. The maximum Gasteiger partial charge on any atom is 0.249 e. The standard InChI is InChI=1S/C16H23N3O3/c20-16(12-3-1-4-12)19-8-2-5-13(19)15-17-14(18-22-15)11-6-9-21-10-7-11/h11-13H,1-10H2. The van der Waals surface area contributed by atoms with Crippen LogP contribution in [0.2, 0.25) is 0 Å². The second-order valence-corrected chi connectivity index (χ2v) is 6.69. The summed E-state index contributed by atoms with van der Waals surface area (Å²) in [6.07, 6.45) is 7.14. The highest BCUT2D eigenvalue weighted by Gasteiger charge is 2.39. The van der Waals surface area contributed by atoms with Crippen LogP contribution in [0.25, 0.3) is 0 Å². The van der Waals surface area contributed by atoms with Crippen molar-refractivity contribution in [1.29, 1.82) is 0 Å². The molecule has 3 fully saturated rings. The third kappa shape index (κ3) is 2.53. The molecule has 0 bridgehead atoms. The topological polar surface area (TPSA) is 68.5 Å². The lowest BCUT2D eigenvalue weighted by molar-refractivity contribution is -0.139. The first-order valence-corrected chi connectivity index (χ1v) is 8.54. The zero-order chi connectivity index (χ0) is 14.9. The van der Waals surface area contributed by atoms with Gasteiger partial charge in [-0.3, -0.25) is 4.79 Å². The predicted octanol–water partition coefficient (Wildman–Crippen LogP) is 2.43. The summed E-state index contributed by atoms with van der Waals surface area (Å²) in [5.74, 6) is 2.29. The average Bonchev–Trinajstić information content (AvgIpc) is 3.15. The zero-order valence-corrected chi connectivity index (χ0v) is 12.9. The Morgan fingerprint density at radius 1 is 1.09 bits per heavy atom. The van der Waals surface area contributed by atoms with E-state index in [0.717, 1.165) is 64.1 Å². The second-order valence-electron chi connectivity index (χ2n) is 6.69. The molecule has 1 aromatic rings. The van der Waals surface area contributed by atoms with Crippen molar-refractivity contribution in [3.63, 3.8) is 0 Å². The number of nitrogens with zero attached hydrogens (tertiary/aromatic N) is 3. The van der Waals surface area contributed by atoms with E-state index in [2.05, 4.69) is 10.1 Å². The number of carbonyl (C=O) groups excluding carboxylic acids is 1. The van der Waals surface area contributed by atoms with Gasteiger partial charge in [0.2, 0.25) is 11.8 Å². The van der Waals surface area contributed by atoms with Crippen LogP contribution in [0.4, 0.5) is 0 Å². The number of likely N-dealkylation sites (tertiary alicyclic amines) is 1. The van der Waals surface area contributed by atoms with E-state index in [-0.39, 0.29) is 12.0 Å². The molecule has 1 saturated carbocycles. The number of ether oxygens (including phenoxy) is 1. The van der Waals surface area contributed by atoms with Crippen molar-refractivity contribution in [3.8, 4) is 0 Å². The van der Waals surface area contributed by atoms with Gasteiger partial charge in [0, 0.05) is 31.6 Å². The van der Waals surface area contributed by atoms with Gasteiger partial charge in [0.25, 0.3) is 0 Å². The van der Waals surface area contributed by atoms with E-state index in [4.69, 9.17) is 9.26 Å². The summed E-state index contributed by atoms with van der Waals surface area (Å²) >= 11 is 0. The van der Waals surface area contributed by atoms with E-state index in [1.807, 2.05) is 4.90 Å². The summed E-state index contributed by atoms with van der Waals surface area (Å²) < 4.78 is 10.9. The summed E-state index contributed by atoms with van der Waals surface area (Å²) in [7, 11) is 0. The Hall–Kier alpha value is -1.43. The first-order chi connectivity index (χ1) is 10.8. The van der Waals surface area contributed by atoms with Gasteiger partial charge in [-0.2, -0.15) is 4.98 Å². The first kappa shape index (κ1) is 14.2. The Morgan fingerprint density at radius 2 is 1.91 bits per heavy atom. The zero-order valence-electron chi connectivity index (χ0n) is 12.9. The third-order valence-corrected chi connectivity index (χ3v) is 5.32. The Labute approximate surface area is 130 Å². The van der Waals surface area contributed by atoms with Crippen LogP contribution in [-0.4, -0.2) is 40.7 Å². The van der Waals surface area contributed by atoms with Crippen molar-refractivity contribution < 1.29 is 14.1 Å². The van der Waals surface area contributed by atoms with Crippen molar-refractivity contribution in [2.45, 2.75) is 56.9 Å². The molecule has 4 rings (SSSR count). The Balaban J connectivity index is 1.48. The Bertz CT molecular complexity index is 534. The molecule has 0 N–H and O–H groups in total. The molecule has 0 spiro atoms. The lowest BCUT2D eigenvalue weighted by Gasteiger charge is -2.31. The van der Waals surface area contributed by atoms with Gasteiger partial charge < -0.3 is 14.2 Å². The van der Waals surface area contributed by atoms with Crippen molar-refractivity contribution >= 4 is 5.91 Å². The fourth-order valence-electron chi connectivity index (χ4n) is 3.68. The predicted molar refractivity (Wildman–Crippen MR) is 78.1 cm³/mol. The van der Waals surface area contributed by atoms with E-state index in [1.54, 1.807) is 0 Å². The molecule has 3 heterocycles. The maximum atomic E-state index is 12.5. The van der Waals surface area contributed by atoms with E-state index in [1.165, 1.54) is 6.42 Å². The number of rotatable bonds is 3. The van der Waals surface area contributed by atoms with Crippen LogP contribution in [-0.2, 0) is 9.53 Å². The molecule has 6 nitrogen and oxygen atoms in total. The molecule has 1 unspecified atom stereocenters. The fraction of sp³-hybridized carbons (Fsp3) is 0.812. The number of carbonyl (C=O) groups is 1. The lowest BCUT2D eigenvalue weighted by atomic mass is 9.84. The number of hydrogen-bond acceptors (Lipinski definition) is 5. The quantitative estimate of drug-likeness (QED) is 0.858. The van der Waals surface area contributed by atoms with E-state index in [0.29, 0.717) is 17.7 Å². The van der Waals surface area contributed by atoms with Crippen LogP contribution in [0.1, 0.15) is 68.6 Å². The minimum atomic E-state index is -0.00538. The minimum Gasteiger partial charge on any atom is -0.381 e. The molecule has 2 saturated heterocycles. The van der Waals surface area contributed by atoms with Crippen LogP contribution in [0, 0.1) is 5.92 Å². The van der Waals surface area contributed by atoms with Gasteiger partial charge in [-0.1, -0.05) is 11.6 Å². The maximum absolute atomic E-state index is 12.5. The largest absolute Gasteiger partial charge is 0.381 e. The number of hydrogen-bond donors (Lipinski definition) is 0. The van der Waals surface area contributed by atoms with Crippen molar-refractivity contribution in [2.75, 3.05) is 19.8 Å². The first-order valence-electron chi connectivity index (χ1n) is 8.54. The Kier molecular flexibility index (Phi) is 3.86. The van der Waals surface area contributed by atoms with Gasteiger partial charge in [-0.25, -0.2) is 0 Å². The molecule has 3 aliphatic rings. The molecule has 2 aliphatic heterocycles. The molecule has 1 aromatic heterocycles. The van der Waals surface area contributed by atoms with Crippen LogP contribution >= 0.6 is 0 Å². The molecule has 6 heteroatoms. The van der Waals surface area contributed by atoms with Gasteiger partial charge in [-0.05, 0) is 38.5 Å². The summed E-state index contributed by atoms with van der Waals surface area (Å²) in [6.45, 7) is 2.36. The monoisotopic (exact) mass is 305 g/mol. The molecular formula is C16H23N3O3. The summed E-state index contributed by atoms with van der Waals surface area (Å²) in [6, 6.07) is -0.00538. The molecule has 1 amide bonds. The summed E-state index contributed by atoms with van der Waals surface area (Å²) in [5, 5.41) is 4.18. The SMILES string of the molecule is O=C(C1CCC1)N1CCCC1c1nc(C2CCOCC2)no1. The third-order valence-electron chi connectivity index (χ3n) is 5.32. The summed E-state index contributed by atoms with van der Waals surface area (Å²) in [4.78, 5) is 19.1. The van der Waals surface area contributed by atoms with Gasteiger partial charge in [-0.15, -0.1) is 0 Å². The van der Waals surface area contributed by atoms with E-state index < -0.39 is 0 Å². The Morgan fingerprint density at radius 3 is 2.64 bits per heavy atom. The van der Waals surface area contributed by atoms with Crippen LogP contribution < -0.4 is 0 Å². The van der Waals surface area contributed by atoms with Gasteiger partial charge in [0.05, 0.1) is 0 Å². The van der Waals surface area contributed by atoms with Crippen molar-refractivity contribution in [3.05, 3.63) is 11.7 Å².